The molecular weight excluding hydrogens is 382 g/mol. The van der Waals surface area contributed by atoms with Gasteiger partial charge in [0, 0.05) is 17.2 Å². The third-order valence-electron chi connectivity index (χ3n) is 6.08. The number of allylic oxidation sites excluding steroid dienone is 1. The molecule has 2 aliphatic rings. The van der Waals surface area contributed by atoms with Crippen LogP contribution in [-0.4, -0.2) is 32.7 Å². The molecule has 30 heavy (non-hydrogen) atoms. The van der Waals surface area contributed by atoms with Crippen LogP contribution in [-0.2, 0) is 16.0 Å². The molecule has 1 aliphatic heterocycles. The Morgan fingerprint density at radius 2 is 1.90 bits per heavy atom. The third kappa shape index (κ3) is 3.54. The summed E-state index contributed by atoms with van der Waals surface area (Å²) in [5.74, 6) is 0.916. The lowest BCUT2D eigenvalue weighted by molar-refractivity contribution is -0.146. The van der Waals surface area contributed by atoms with Crippen molar-refractivity contribution in [3.63, 3.8) is 0 Å². The van der Waals surface area contributed by atoms with Crippen molar-refractivity contribution >= 4 is 17.6 Å². The lowest BCUT2D eigenvalue weighted by Gasteiger charge is -2.24. The number of hydrogen-bond donors (Lipinski definition) is 1. The number of rotatable bonds is 6. The Balaban J connectivity index is 1.46. The number of methoxy groups -OCH3 is 2. The summed E-state index contributed by atoms with van der Waals surface area (Å²) >= 11 is 0. The van der Waals surface area contributed by atoms with Crippen LogP contribution >= 0.6 is 0 Å². The molecule has 1 saturated carbocycles. The number of esters is 1. The molecule has 0 bridgehead atoms. The van der Waals surface area contributed by atoms with E-state index in [0.717, 1.165) is 17.6 Å². The number of anilines is 1. The van der Waals surface area contributed by atoms with Crippen LogP contribution in [0.5, 0.6) is 11.5 Å². The molecule has 6 nitrogen and oxygen atoms in total. The van der Waals surface area contributed by atoms with Gasteiger partial charge in [0.2, 0.25) is 0 Å². The van der Waals surface area contributed by atoms with E-state index in [-0.39, 0.29) is 17.8 Å². The van der Waals surface area contributed by atoms with Gasteiger partial charge in [0.25, 0.3) is 5.91 Å². The van der Waals surface area contributed by atoms with Gasteiger partial charge in [-0.25, -0.2) is 0 Å². The van der Waals surface area contributed by atoms with Gasteiger partial charge in [0.15, 0.2) is 11.5 Å². The predicted octanol–water partition coefficient (Wildman–Crippen LogP) is 4.01. The number of nitrogens with one attached hydrogen (secondary N) is 1. The number of carbonyl (C=O) groups excluding carboxylic acids is 2. The Bertz CT molecular complexity index is 997. The maximum atomic E-state index is 12.6. The van der Waals surface area contributed by atoms with Gasteiger partial charge in [-0.3, -0.25) is 9.59 Å². The minimum atomic E-state index is -0.485. The van der Waals surface area contributed by atoms with E-state index in [1.807, 2.05) is 24.3 Å². The first-order chi connectivity index (χ1) is 14.4. The molecule has 2 aromatic rings. The standard InChI is InChI=1S/C24H25NO5/c1-15-10-18-14-30-23(27)24(18,12-15)13-16-4-7-19(8-5-16)25-22(26)17-6-9-20(28-2)21(11-17)29-3/h4-9,11,18H,1,10,12-14H2,2-3H3,(H,25,26). The predicted molar refractivity (Wildman–Crippen MR) is 113 cm³/mol. The maximum absolute atomic E-state index is 12.6. The highest BCUT2D eigenvalue weighted by Gasteiger charge is 2.55. The molecule has 1 heterocycles. The summed E-state index contributed by atoms with van der Waals surface area (Å²) in [5, 5.41) is 2.89. The summed E-state index contributed by atoms with van der Waals surface area (Å²) in [6.07, 6.45) is 2.17. The number of hydrogen-bond acceptors (Lipinski definition) is 5. The molecular formula is C24H25NO5. The minimum absolute atomic E-state index is 0.114. The summed E-state index contributed by atoms with van der Waals surface area (Å²) in [6.45, 7) is 4.57. The molecule has 2 unspecified atom stereocenters. The number of ether oxygens (including phenoxy) is 3. The molecule has 0 spiro atoms. The van der Waals surface area contributed by atoms with Crippen molar-refractivity contribution in [3.05, 3.63) is 65.7 Å². The van der Waals surface area contributed by atoms with Crippen molar-refractivity contribution < 1.29 is 23.8 Å². The van der Waals surface area contributed by atoms with Gasteiger partial charge < -0.3 is 19.5 Å². The van der Waals surface area contributed by atoms with E-state index in [9.17, 15) is 9.59 Å². The van der Waals surface area contributed by atoms with E-state index in [1.54, 1.807) is 25.3 Å². The molecule has 1 aliphatic carbocycles. The van der Waals surface area contributed by atoms with Crippen LogP contribution in [0, 0.1) is 11.3 Å². The van der Waals surface area contributed by atoms with Crippen molar-refractivity contribution in [1.29, 1.82) is 0 Å². The number of fused-ring (bicyclic) bond motifs is 1. The zero-order chi connectivity index (χ0) is 21.3. The first kappa shape index (κ1) is 20.0. The summed E-state index contributed by atoms with van der Waals surface area (Å²) in [4.78, 5) is 25.1. The summed E-state index contributed by atoms with van der Waals surface area (Å²) in [6, 6.07) is 12.6. The highest BCUT2D eigenvalue weighted by atomic mass is 16.5. The summed E-state index contributed by atoms with van der Waals surface area (Å²) in [5.41, 5.74) is 2.82. The van der Waals surface area contributed by atoms with Crippen LogP contribution in [0.2, 0.25) is 0 Å². The Hall–Kier alpha value is -3.28. The Morgan fingerprint density at radius 1 is 1.17 bits per heavy atom. The van der Waals surface area contributed by atoms with Gasteiger partial charge >= 0.3 is 5.97 Å². The fourth-order valence-electron chi connectivity index (χ4n) is 4.51. The molecule has 2 atom stereocenters. The van der Waals surface area contributed by atoms with Crippen molar-refractivity contribution in [2.24, 2.45) is 11.3 Å². The maximum Gasteiger partial charge on any atom is 0.313 e. The zero-order valence-corrected chi connectivity index (χ0v) is 17.2. The number of carbonyl (C=O) groups is 2. The van der Waals surface area contributed by atoms with Crippen molar-refractivity contribution in [1.82, 2.24) is 0 Å². The van der Waals surface area contributed by atoms with Crippen LogP contribution in [0.1, 0.15) is 28.8 Å². The van der Waals surface area contributed by atoms with Crippen LogP contribution < -0.4 is 14.8 Å². The molecule has 1 saturated heterocycles. The summed E-state index contributed by atoms with van der Waals surface area (Å²) in [7, 11) is 3.08. The Kier molecular flexibility index (Phi) is 5.24. The van der Waals surface area contributed by atoms with Gasteiger partial charge in [0.1, 0.15) is 0 Å². The van der Waals surface area contributed by atoms with E-state index in [4.69, 9.17) is 14.2 Å². The number of amides is 1. The second-order valence-corrected chi connectivity index (χ2v) is 7.98. The molecule has 4 rings (SSSR count). The van der Waals surface area contributed by atoms with E-state index in [2.05, 4.69) is 11.9 Å². The van der Waals surface area contributed by atoms with Crippen molar-refractivity contribution in [2.45, 2.75) is 19.3 Å². The quantitative estimate of drug-likeness (QED) is 0.579. The van der Waals surface area contributed by atoms with E-state index < -0.39 is 5.41 Å². The molecule has 156 valence electrons. The average Bonchev–Trinajstić information content (AvgIpc) is 3.22. The summed E-state index contributed by atoms with van der Waals surface area (Å²) < 4.78 is 15.8. The molecule has 6 heteroatoms. The second kappa shape index (κ2) is 7.86. The lowest BCUT2D eigenvalue weighted by Crippen LogP contribution is -2.31. The molecule has 1 N–H and O–H groups in total. The average molecular weight is 407 g/mol. The van der Waals surface area contributed by atoms with Crippen LogP contribution in [0.15, 0.2) is 54.6 Å². The third-order valence-corrected chi connectivity index (χ3v) is 6.08. The van der Waals surface area contributed by atoms with Gasteiger partial charge in [-0.05, 0) is 55.2 Å². The highest BCUT2D eigenvalue weighted by molar-refractivity contribution is 6.04. The molecule has 2 aromatic carbocycles. The number of cyclic esters (lactones) is 1. The second-order valence-electron chi connectivity index (χ2n) is 7.98. The van der Waals surface area contributed by atoms with Gasteiger partial charge in [0.05, 0.1) is 26.2 Å². The van der Waals surface area contributed by atoms with Gasteiger partial charge in [-0.1, -0.05) is 24.3 Å². The molecule has 0 aromatic heterocycles. The van der Waals surface area contributed by atoms with Gasteiger partial charge in [-0.15, -0.1) is 0 Å². The van der Waals surface area contributed by atoms with Crippen molar-refractivity contribution in [3.8, 4) is 11.5 Å². The van der Waals surface area contributed by atoms with Crippen molar-refractivity contribution in [2.75, 3.05) is 26.1 Å². The van der Waals surface area contributed by atoms with Gasteiger partial charge in [-0.2, -0.15) is 0 Å². The van der Waals surface area contributed by atoms with E-state index in [1.165, 1.54) is 7.11 Å². The fourth-order valence-corrected chi connectivity index (χ4v) is 4.51. The van der Waals surface area contributed by atoms with Crippen LogP contribution in [0.3, 0.4) is 0 Å². The molecule has 1 amide bonds. The molecule has 2 fully saturated rings. The van der Waals surface area contributed by atoms with E-state index >= 15 is 0 Å². The smallest absolute Gasteiger partial charge is 0.313 e. The first-order valence-electron chi connectivity index (χ1n) is 9.91. The Labute approximate surface area is 175 Å². The largest absolute Gasteiger partial charge is 0.493 e. The van der Waals surface area contributed by atoms with Crippen LogP contribution in [0.25, 0.3) is 0 Å². The minimum Gasteiger partial charge on any atom is -0.493 e. The SMILES string of the molecule is C=C1CC2COC(=O)C2(Cc2ccc(NC(=O)c3ccc(OC)c(OC)c3)cc2)C1. The Morgan fingerprint density at radius 3 is 2.60 bits per heavy atom. The number of benzene rings is 2. The lowest BCUT2D eigenvalue weighted by atomic mass is 9.75. The normalized spacial score (nSPS) is 22.4. The van der Waals surface area contributed by atoms with Crippen LogP contribution in [0.4, 0.5) is 5.69 Å². The highest BCUT2D eigenvalue weighted by Crippen LogP contribution is 2.52. The van der Waals surface area contributed by atoms with E-state index in [0.29, 0.717) is 42.2 Å². The zero-order valence-electron chi connectivity index (χ0n) is 17.2. The topological polar surface area (TPSA) is 73.9 Å². The molecule has 0 radical (unpaired) electrons. The first-order valence-corrected chi connectivity index (χ1v) is 9.91. The fraction of sp³-hybridized carbons (Fsp3) is 0.333. The monoisotopic (exact) mass is 407 g/mol.